The van der Waals surface area contributed by atoms with Crippen LogP contribution in [0.5, 0.6) is 0 Å². The molecule has 14 nitrogen and oxygen atoms in total. The molecule has 0 bridgehead atoms. The second-order valence-electron chi connectivity index (χ2n) is 11.1. The van der Waals surface area contributed by atoms with Gasteiger partial charge in [-0.1, -0.05) is 58.7 Å². The Balaban J connectivity index is 2.38. The summed E-state index contributed by atoms with van der Waals surface area (Å²) in [7, 11) is 0. The summed E-state index contributed by atoms with van der Waals surface area (Å²) >= 11 is 0. The number of carbonyl (C=O) groups excluding carboxylic acids is 6. The zero-order chi connectivity index (χ0) is 33.0. The van der Waals surface area contributed by atoms with Gasteiger partial charge in [0.15, 0.2) is 0 Å². The van der Waals surface area contributed by atoms with Crippen molar-refractivity contribution in [3.63, 3.8) is 0 Å². The molecule has 9 N–H and O–H groups in total. The van der Waals surface area contributed by atoms with E-state index < -0.39 is 53.7 Å². The summed E-state index contributed by atoms with van der Waals surface area (Å²) in [6, 6.07) is 3.01. The van der Waals surface area contributed by atoms with E-state index in [2.05, 4.69) is 26.3 Å². The number of H-pyrrole nitrogens is 1. The number of rotatable bonds is 17. The van der Waals surface area contributed by atoms with Gasteiger partial charge in [-0.15, -0.1) is 0 Å². The van der Waals surface area contributed by atoms with E-state index in [1.54, 1.807) is 13.1 Å². The van der Waals surface area contributed by atoms with Gasteiger partial charge in [-0.05, 0) is 29.9 Å². The van der Waals surface area contributed by atoms with Crippen molar-refractivity contribution in [1.82, 2.24) is 31.7 Å². The van der Waals surface area contributed by atoms with E-state index in [1.165, 1.54) is 12.4 Å². The molecule has 1 aromatic heterocycles. The Kier molecular flexibility index (Phi) is 13.8. The molecule has 0 unspecified atom stereocenters. The summed E-state index contributed by atoms with van der Waals surface area (Å²) in [5.74, 6) is -4.50. The van der Waals surface area contributed by atoms with Gasteiger partial charge in [0.25, 0.3) is 0 Å². The molecule has 0 fully saturated rings. The Hall–Kier alpha value is -4.46. The predicted molar refractivity (Wildman–Crippen MR) is 163 cm³/mol. The van der Waals surface area contributed by atoms with Crippen LogP contribution in [0.2, 0.25) is 0 Å². The van der Waals surface area contributed by atoms with Crippen LogP contribution in [0.25, 0.3) is 10.9 Å². The molecule has 0 aliphatic rings. The zero-order valence-electron chi connectivity index (χ0n) is 25.9. The van der Waals surface area contributed by atoms with Crippen molar-refractivity contribution in [3.8, 4) is 0 Å². The number of hydrogen-bond donors (Lipinski definition) is 8. The number of nitrogens with two attached hydrogens (primary N) is 1. The highest BCUT2D eigenvalue weighted by Crippen LogP contribution is 2.20. The first kappa shape index (κ1) is 35.7. The monoisotopic (exact) mass is 615 g/mol. The maximum atomic E-state index is 13.8. The molecule has 0 spiro atoms. The standard InChI is InChI=1S/C30H45N7O7/c1-6-16(3)25(33-18(5)38)30(43)36-26(17(4)7-2)29(42)35-23(14-19-15-32-21-11-9-8-10-20(19)21)28(41)34-22(27(31)40)12-13-24(39)37-44/h8-11,15-17,22-23,25-26,32,44H,6-7,12-14H2,1-5H3,(H2,31,40)(H,33,38)(H,34,41)(H,35,42)(H,36,43)(H,37,39)/t16-,17-,22-,23-,25-,26-/m0/s1. The van der Waals surface area contributed by atoms with E-state index in [-0.39, 0.29) is 37.0 Å². The Morgan fingerprint density at radius 2 is 1.41 bits per heavy atom. The fourth-order valence-corrected chi connectivity index (χ4v) is 4.75. The molecule has 14 heteroatoms. The summed E-state index contributed by atoms with van der Waals surface area (Å²) in [5.41, 5.74) is 8.45. The number of nitrogens with one attached hydrogen (secondary N) is 6. The fourth-order valence-electron chi connectivity index (χ4n) is 4.75. The Morgan fingerprint density at radius 3 is 1.98 bits per heavy atom. The Labute approximate surface area is 256 Å². The molecular formula is C30H45N7O7. The second-order valence-corrected chi connectivity index (χ2v) is 11.1. The number of hydroxylamine groups is 1. The number of benzene rings is 1. The van der Waals surface area contributed by atoms with Gasteiger partial charge in [-0.25, -0.2) is 5.48 Å². The molecule has 44 heavy (non-hydrogen) atoms. The summed E-state index contributed by atoms with van der Waals surface area (Å²) in [4.78, 5) is 79.2. The van der Waals surface area contributed by atoms with Crippen molar-refractivity contribution >= 4 is 46.3 Å². The Bertz CT molecular complexity index is 1330. The number of fused-ring (bicyclic) bond motifs is 1. The quantitative estimate of drug-likeness (QED) is 0.0930. The van der Waals surface area contributed by atoms with Crippen LogP contribution in [0.15, 0.2) is 30.5 Å². The van der Waals surface area contributed by atoms with Gasteiger partial charge in [-0.3, -0.25) is 34.0 Å². The lowest BCUT2D eigenvalue weighted by Crippen LogP contribution is -2.60. The van der Waals surface area contributed by atoms with Crippen LogP contribution in [0, 0.1) is 11.8 Å². The second kappa shape index (κ2) is 17.0. The normalized spacial score (nSPS) is 15.1. The van der Waals surface area contributed by atoms with Crippen LogP contribution < -0.4 is 32.5 Å². The van der Waals surface area contributed by atoms with E-state index in [9.17, 15) is 28.8 Å². The van der Waals surface area contributed by atoms with Crippen LogP contribution in [0.4, 0.5) is 0 Å². The van der Waals surface area contributed by atoms with Gasteiger partial charge in [-0.2, -0.15) is 0 Å². The number of aromatic nitrogens is 1. The van der Waals surface area contributed by atoms with Crippen molar-refractivity contribution in [1.29, 1.82) is 0 Å². The first-order chi connectivity index (χ1) is 20.8. The molecule has 1 aromatic carbocycles. The number of primary amides is 1. The summed E-state index contributed by atoms with van der Waals surface area (Å²) < 4.78 is 0. The van der Waals surface area contributed by atoms with Crippen LogP contribution in [-0.2, 0) is 35.2 Å². The van der Waals surface area contributed by atoms with Gasteiger partial charge >= 0.3 is 0 Å². The zero-order valence-corrected chi connectivity index (χ0v) is 25.9. The Morgan fingerprint density at radius 1 is 0.841 bits per heavy atom. The van der Waals surface area contributed by atoms with E-state index in [4.69, 9.17) is 10.9 Å². The molecule has 2 aromatic rings. The minimum Gasteiger partial charge on any atom is -0.368 e. The van der Waals surface area contributed by atoms with Crippen LogP contribution in [0.1, 0.15) is 65.9 Å². The van der Waals surface area contributed by atoms with E-state index >= 15 is 0 Å². The van der Waals surface area contributed by atoms with Crippen molar-refractivity contribution < 1.29 is 34.0 Å². The van der Waals surface area contributed by atoms with Crippen molar-refractivity contribution in [2.24, 2.45) is 17.6 Å². The molecule has 6 amide bonds. The molecule has 1 heterocycles. The summed E-state index contributed by atoms with van der Waals surface area (Å²) in [5, 5.41) is 20.3. The maximum absolute atomic E-state index is 13.8. The van der Waals surface area contributed by atoms with Gasteiger partial charge in [0.05, 0.1) is 0 Å². The minimum absolute atomic E-state index is 0.0206. The minimum atomic E-state index is -1.26. The number of amides is 6. The van der Waals surface area contributed by atoms with Crippen LogP contribution in [-0.4, -0.2) is 69.8 Å². The van der Waals surface area contributed by atoms with Gasteiger partial charge in [0.2, 0.25) is 35.4 Å². The molecule has 0 aliphatic heterocycles. The predicted octanol–water partition coefficient (Wildman–Crippen LogP) is 0.533. The third-order valence-electron chi connectivity index (χ3n) is 7.82. The molecular weight excluding hydrogens is 570 g/mol. The average molecular weight is 616 g/mol. The van der Waals surface area contributed by atoms with E-state index in [0.717, 1.165) is 10.9 Å². The fraction of sp³-hybridized carbons (Fsp3) is 0.533. The summed E-state index contributed by atoms with van der Waals surface area (Å²) in [6.45, 7) is 8.65. The smallest absolute Gasteiger partial charge is 0.243 e. The first-order valence-corrected chi connectivity index (χ1v) is 14.8. The third-order valence-corrected chi connectivity index (χ3v) is 7.82. The molecule has 0 radical (unpaired) electrons. The number of carbonyl (C=O) groups is 6. The van der Waals surface area contributed by atoms with Crippen molar-refractivity contribution in [2.75, 3.05) is 0 Å². The van der Waals surface area contributed by atoms with E-state index in [0.29, 0.717) is 18.4 Å². The molecule has 6 atom stereocenters. The molecule has 242 valence electrons. The highest BCUT2D eigenvalue weighted by molar-refractivity contribution is 5.96. The lowest BCUT2D eigenvalue weighted by atomic mass is 9.94. The van der Waals surface area contributed by atoms with Crippen LogP contribution in [0.3, 0.4) is 0 Å². The van der Waals surface area contributed by atoms with Gasteiger partial charge in [0.1, 0.15) is 24.2 Å². The molecule has 0 aliphatic carbocycles. The number of hydrogen-bond acceptors (Lipinski definition) is 7. The highest BCUT2D eigenvalue weighted by Gasteiger charge is 2.34. The van der Waals surface area contributed by atoms with E-state index in [1.807, 2.05) is 45.0 Å². The van der Waals surface area contributed by atoms with Crippen LogP contribution >= 0.6 is 0 Å². The lowest BCUT2D eigenvalue weighted by molar-refractivity contribution is -0.135. The van der Waals surface area contributed by atoms with Gasteiger partial charge in [0, 0.05) is 36.9 Å². The molecule has 0 saturated heterocycles. The van der Waals surface area contributed by atoms with Crippen molar-refractivity contribution in [3.05, 3.63) is 36.0 Å². The first-order valence-electron chi connectivity index (χ1n) is 14.8. The third kappa shape index (κ3) is 10.1. The summed E-state index contributed by atoms with van der Waals surface area (Å²) in [6.07, 6.45) is 2.37. The molecule has 0 saturated carbocycles. The maximum Gasteiger partial charge on any atom is 0.243 e. The average Bonchev–Trinajstić information content (AvgIpc) is 3.41. The topological polar surface area (TPSA) is 225 Å². The highest BCUT2D eigenvalue weighted by atomic mass is 16.5. The SMILES string of the molecule is CC[C@H](C)[C@H](NC(C)=O)C(=O)N[C@H](C(=O)N[C@@H](Cc1c[nH]c2ccccc12)C(=O)N[C@@H](CCC(=O)NO)C(N)=O)[C@@H](C)CC. The number of para-hydroxylation sites is 1. The molecule has 2 rings (SSSR count). The number of aromatic amines is 1. The lowest BCUT2D eigenvalue weighted by Gasteiger charge is -2.30. The van der Waals surface area contributed by atoms with Gasteiger partial charge < -0.3 is 32.0 Å². The van der Waals surface area contributed by atoms with Crippen molar-refractivity contribution in [2.45, 2.75) is 90.9 Å². The largest absolute Gasteiger partial charge is 0.368 e.